The van der Waals surface area contributed by atoms with Crippen molar-refractivity contribution in [2.24, 2.45) is 11.8 Å². The average Bonchev–Trinajstić information content (AvgIpc) is 3.38. The maximum atomic E-state index is 13.9. The van der Waals surface area contributed by atoms with Crippen LogP contribution in [-0.4, -0.2) is 69.7 Å². The summed E-state index contributed by atoms with van der Waals surface area (Å²) < 4.78 is 13.9. The lowest BCUT2D eigenvalue weighted by Gasteiger charge is -2.33. The topological polar surface area (TPSA) is 106 Å². The molecule has 2 heterocycles. The molecule has 2 aliphatic rings. The van der Waals surface area contributed by atoms with Gasteiger partial charge in [-0.25, -0.2) is 14.5 Å². The first-order valence-electron chi connectivity index (χ1n) is 10.3. The second kappa shape index (κ2) is 9.94. The predicted molar refractivity (Wildman–Crippen MR) is 105 cm³/mol. The van der Waals surface area contributed by atoms with E-state index in [-0.39, 0.29) is 24.5 Å². The molecule has 2 N–H and O–H groups in total. The number of carbonyl (C=O) groups is 3. The maximum Gasteiger partial charge on any atom is 0.248 e. The van der Waals surface area contributed by atoms with E-state index < -0.39 is 23.7 Å². The molecule has 0 aromatic carbocycles. The molecule has 0 radical (unpaired) electrons. The van der Waals surface area contributed by atoms with E-state index >= 15 is 0 Å². The molecule has 1 aromatic rings. The summed E-state index contributed by atoms with van der Waals surface area (Å²) in [5.74, 6) is -1.75. The zero-order valence-electron chi connectivity index (χ0n) is 17.0. The van der Waals surface area contributed by atoms with E-state index in [2.05, 4.69) is 10.3 Å². The van der Waals surface area contributed by atoms with E-state index in [0.29, 0.717) is 30.4 Å². The summed E-state index contributed by atoms with van der Waals surface area (Å²) in [5.41, 5.74) is 0.00180. The van der Waals surface area contributed by atoms with Crippen LogP contribution in [0.4, 0.5) is 10.1 Å². The second-order valence-corrected chi connectivity index (χ2v) is 8.02. The van der Waals surface area contributed by atoms with Crippen molar-refractivity contribution >= 4 is 23.9 Å². The molecule has 3 rings (SSSR count). The number of aromatic nitrogens is 1. The lowest BCUT2D eigenvalue weighted by atomic mass is 9.92. The number of hydrogen-bond acceptors (Lipinski definition) is 6. The first kappa shape index (κ1) is 22.1. The highest BCUT2D eigenvalue weighted by molar-refractivity contribution is 5.97. The van der Waals surface area contributed by atoms with Crippen LogP contribution in [0.3, 0.4) is 0 Å². The van der Waals surface area contributed by atoms with Crippen LogP contribution in [0.5, 0.6) is 0 Å². The summed E-state index contributed by atoms with van der Waals surface area (Å²) in [6, 6.07) is 0.554. The molecular weight excluding hydrogens is 393 g/mol. The van der Waals surface area contributed by atoms with Gasteiger partial charge in [0.25, 0.3) is 0 Å². The number of anilines is 1. The van der Waals surface area contributed by atoms with Crippen LogP contribution in [0.15, 0.2) is 18.5 Å². The highest BCUT2D eigenvalue weighted by Crippen LogP contribution is 2.32. The molecule has 1 aliphatic heterocycles. The second-order valence-electron chi connectivity index (χ2n) is 8.02. The van der Waals surface area contributed by atoms with Gasteiger partial charge in [-0.1, -0.05) is 25.7 Å². The Kier molecular flexibility index (Phi) is 7.33. The quantitative estimate of drug-likeness (QED) is 0.376. The zero-order chi connectivity index (χ0) is 21.7. The molecule has 0 spiro atoms. The Morgan fingerprint density at radius 2 is 2.13 bits per heavy atom. The Morgan fingerprint density at radius 3 is 2.80 bits per heavy atom. The van der Waals surface area contributed by atoms with Crippen molar-refractivity contribution in [2.45, 2.75) is 44.6 Å². The number of hydroxylamine groups is 2. The third-order valence-corrected chi connectivity index (χ3v) is 5.92. The van der Waals surface area contributed by atoms with Crippen molar-refractivity contribution in [3.63, 3.8) is 0 Å². The summed E-state index contributed by atoms with van der Waals surface area (Å²) in [4.78, 5) is 40.8. The third kappa shape index (κ3) is 5.11. The molecule has 2 atom stereocenters. The fraction of sp³-hybridized carbons (Fsp3) is 0.600. The van der Waals surface area contributed by atoms with E-state index in [1.165, 1.54) is 17.3 Å². The van der Waals surface area contributed by atoms with Crippen LogP contribution in [0, 0.1) is 17.7 Å². The minimum absolute atomic E-state index is 0.00180. The number of rotatable bonds is 8. The third-order valence-electron chi connectivity index (χ3n) is 5.92. The molecule has 2 fully saturated rings. The number of carbonyl (C=O) groups excluding carboxylic acids is 3. The van der Waals surface area contributed by atoms with Crippen molar-refractivity contribution in [3.05, 3.63) is 24.3 Å². The van der Waals surface area contributed by atoms with E-state index in [9.17, 15) is 24.0 Å². The van der Waals surface area contributed by atoms with E-state index in [0.717, 1.165) is 31.9 Å². The highest BCUT2D eigenvalue weighted by atomic mass is 19.1. The molecule has 164 valence electrons. The fourth-order valence-electron chi connectivity index (χ4n) is 4.39. The molecule has 9 nitrogen and oxygen atoms in total. The molecule has 10 heteroatoms. The predicted octanol–water partition coefficient (Wildman–Crippen LogP) is 1.65. The number of amides is 3. The first-order valence-corrected chi connectivity index (χ1v) is 10.3. The monoisotopic (exact) mass is 421 g/mol. The number of nitrogens with zero attached hydrogens (tertiary/aromatic N) is 4. The van der Waals surface area contributed by atoms with Gasteiger partial charge in [-0.2, -0.15) is 0 Å². The Hall–Kier alpha value is -2.59. The Balaban J connectivity index is 1.75. The van der Waals surface area contributed by atoms with Crippen LogP contribution in [-0.2, 0) is 14.4 Å². The molecule has 1 saturated carbocycles. The SMILES string of the molecule is CN1CC[C@@H](C(=O)Nc2ccncc2F)N1C(=O)[C@H](CC1CCCC1)CN(O)C=O. The summed E-state index contributed by atoms with van der Waals surface area (Å²) in [7, 11) is 1.71. The molecule has 0 unspecified atom stereocenters. The lowest BCUT2D eigenvalue weighted by molar-refractivity contribution is -0.164. The number of halogens is 1. The average molecular weight is 421 g/mol. The van der Waals surface area contributed by atoms with Crippen molar-refractivity contribution in [2.75, 3.05) is 25.5 Å². The number of hydrazine groups is 1. The smallest absolute Gasteiger partial charge is 0.248 e. The molecule has 0 bridgehead atoms. The van der Waals surface area contributed by atoms with Crippen LogP contribution < -0.4 is 5.32 Å². The van der Waals surface area contributed by atoms with Gasteiger partial charge >= 0.3 is 0 Å². The van der Waals surface area contributed by atoms with Gasteiger partial charge in [0, 0.05) is 19.8 Å². The van der Waals surface area contributed by atoms with Gasteiger partial charge in [-0.3, -0.25) is 29.6 Å². The van der Waals surface area contributed by atoms with Gasteiger partial charge in [-0.15, -0.1) is 0 Å². The van der Waals surface area contributed by atoms with Crippen LogP contribution >= 0.6 is 0 Å². The standard InChI is InChI=1S/C20H28FN5O4/c1-24-9-7-18(19(28)23-17-6-8-22-11-16(17)21)26(24)20(29)15(12-25(30)13-27)10-14-4-2-3-5-14/h6,8,11,13-15,18,30H,2-5,7,9-10,12H2,1H3,(H,22,23,28)/t15-,18+/m1/s1. The molecule has 1 aliphatic carbocycles. The van der Waals surface area contributed by atoms with Gasteiger partial charge in [0.2, 0.25) is 18.2 Å². The minimum atomic E-state index is -0.801. The fourth-order valence-corrected chi connectivity index (χ4v) is 4.39. The minimum Gasteiger partial charge on any atom is -0.322 e. The van der Waals surface area contributed by atoms with Crippen molar-refractivity contribution < 1.29 is 24.0 Å². The largest absolute Gasteiger partial charge is 0.322 e. The van der Waals surface area contributed by atoms with E-state index in [1.54, 1.807) is 12.1 Å². The summed E-state index contributed by atoms with van der Waals surface area (Å²) in [6.07, 6.45) is 7.83. The van der Waals surface area contributed by atoms with Gasteiger partial charge in [-0.05, 0) is 24.8 Å². The van der Waals surface area contributed by atoms with Gasteiger partial charge in [0.15, 0.2) is 5.82 Å². The molecule has 30 heavy (non-hydrogen) atoms. The van der Waals surface area contributed by atoms with E-state index in [1.807, 2.05) is 0 Å². The van der Waals surface area contributed by atoms with Crippen LogP contribution in [0.25, 0.3) is 0 Å². The lowest BCUT2D eigenvalue weighted by Crippen LogP contribution is -2.52. The normalized spacial score (nSPS) is 20.9. The summed E-state index contributed by atoms with van der Waals surface area (Å²) in [6.45, 7) is 0.353. The van der Waals surface area contributed by atoms with Crippen molar-refractivity contribution in [3.8, 4) is 0 Å². The molecule has 3 amide bonds. The Bertz CT molecular complexity index is 773. The number of nitrogens with one attached hydrogen (secondary N) is 1. The Labute approximate surface area is 174 Å². The maximum absolute atomic E-state index is 13.9. The van der Waals surface area contributed by atoms with Gasteiger partial charge < -0.3 is 5.32 Å². The Morgan fingerprint density at radius 1 is 1.40 bits per heavy atom. The zero-order valence-corrected chi connectivity index (χ0v) is 17.0. The van der Waals surface area contributed by atoms with Gasteiger partial charge in [0.1, 0.15) is 6.04 Å². The molecule has 1 saturated heterocycles. The highest BCUT2D eigenvalue weighted by Gasteiger charge is 2.41. The van der Waals surface area contributed by atoms with Crippen LogP contribution in [0.2, 0.25) is 0 Å². The van der Waals surface area contributed by atoms with Crippen molar-refractivity contribution in [1.82, 2.24) is 20.1 Å². The van der Waals surface area contributed by atoms with E-state index in [4.69, 9.17) is 0 Å². The number of pyridine rings is 1. The molecular formula is C20H28FN5O4. The summed E-state index contributed by atoms with van der Waals surface area (Å²) in [5, 5.41) is 15.8. The van der Waals surface area contributed by atoms with Gasteiger partial charge in [0.05, 0.1) is 24.3 Å². The van der Waals surface area contributed by atoms with Crippen LogP contribution in [0.1, 0.15) is 38.5 Å². The molecule has 1 aromatic heterocycles. The first-order chi connectivity index (χ1) is 14.4. The van der Waals surface area contributed by atoms with Crippen molar-refractivity contribution in [1.29, 1.82) is 0 Å². The number of hydrogen-bond donors (Lipinski definition) is 2. The summed E-state index contributed by atoms with van der Waals surface area (Å²) >= 11 is 0.